The Morgan fingerprint density at radius 3 is 2.06 bits per heavy atom. The van der Waals surface area contributed by atoms with Gasteiger partial charge in [0.05, 0.1) is 10.6 Å². The maximum atomic E-state index is 14.5. The summed E-state index contributed by atoms with van der Waals surface area (Å²) < 4.78 is 106. The van der Waals surface area contributed by atoms with Crippen LogP contribution in [0.4, 0.5) is 32.0 Å². The van der Waals surface area contributed by atoms with Crippen LogP contribution in [0.2, 0.25) is 5.02 Å². The van der Waals surface area contributed by atoms with E-state index < -0.39 is 43.9 Å². The Bertz CT molecular complexity index is 1090. The Morgan fingerprint density at radius 2 is 1.53 bits per heavy atom. The summed E-state index contributed by atoms with van der Waals surface area (Å²) in [7, 11) is -3.82. The fourth-order valence-corrected chi connectivity index (χ4v) is 5.45. The fraction of sp³-hybridized carbons (Fsp3) is 0.368. The molecule has 0 saturated carbocycles. The topological polar surface area (TPSA) is 40.6 Å². The summed E-state index contributed by atoms with van der Waals surface area (Å²) in [5.74, 6) is -0.795. The van der Waals surface area contributed by atoms with Gasteiger partial charge in [-0.3, -0.25) is 0 Å². The Balaban J connectivity index is 1.78. The minimum Gasteiger partial charge on any atom is -0.366 e. The number of nitrogens with zero attached hydrogens (tertiary/aromatic N) is 2. The molecular weight excluding hydrogens is 502 g/mol. The van der Waals surface area contributed by atoms with Crippen LogP contribution in [0.25, 0.3) is 0 Å². The number of piperazine rings is 1. The largest absolute Gasteiger partial charge is 0.464 e. The van der Waals surface area contributed by atoms with Crippen LogP contribution >= 0.6 is 23.4 Å². The van der Waals surface area contributed by atoms with Crippen molar-refractivity contribution >= 4 is 39.1 Å². The predicted octanol–water partition coefficient (Wildman–Crippen LogP) is 5.55. The summed E-state index contributed by atoms with van der Waals surface area (Å²) >= 11 is 5.08. The molecule has 13 heteroatoms. The summed E-state index contributed by atoms with van der Waals surface area (Å²) in [5, 5.41) is -4.67. The zero-order chi connectivity index (χ0) is 23.9. The Morgan fingerprint density at radius 1 is 0.969 bits per heavy atom. The van der Waals surface area contributed by atoms with Crippen molar-refractivity contribution in [2.24, 2.45) is 0 Å². The summed E-state index contributed by atoms with van der Waals surface area (Å²) in [6.45, 7) is 1.22. The molecule has 1 heterocycles. The highest BCUT2D eigenvalue weighted by Gasteiger charge is 2.58. The molecule has 1 fully saturated rings. The average Bonchev–Trinajstić information content (AvgIpc) is 2.69. The van der Waals surface area contributed by atoms with Crippen LogP contribution in [0.3, 0.4) is 0 Å². The first kappa shape index (κ1) is 25.0. The van der Waals surface area contributed by atoms with Crippen molar-refractivity contribution in [3.63, 3.8) is 0 Å². The predicted molar refractivity (Wildman–Crippen MR) is 110 cm³/mol. The van der Waals surface area contributed by atoms with E-state index >= 15 is 0 Å². The first-order valence-corrected chi connectivity index (χ1v) is 11.8. The molecule has 0 aliphatic carbocycles. The van der Waals surface area contributed by atoms with Gasteiger partial charge in [-0.1, -0.05) is 11.6 Å². The first-order valence-electron chi connectivity index (χ1n) is 9.17. The maximum absolute atomic E-state index is 14.5. The summed E-state index contributed by atoms with van der Waals surface area (Å²) in [4.78, 5) is 1.03. The number of sulfonamides is 1. The lowest BCUT2D eigenvalue weighted by atomic mass is 10.2. The van der Waals surface area contributed by atoms with Gasteiger partial charge in [-0.25, -0.2) is 12.8 Å². The van der Waals surface area contributed by atoms with Gasteiger partial charge < -0.3 is 4.90 Å². The number of hydrogen-bond acceptors (Lipinski definition) is 4. The van der Waals surface area contributed by atoms with Crippen molar-refractivity contribution in [1.29, 1.82) is 0 Å². The van der Waals surface area contributed by atoms with Crippen molar-refractivity contribution in [1.82, 2.24) is 4.31 Å². The highest BCUT2D eigenvalue weighted by molar-refractivity contribution is 8.00. The Hall–Kier alpha value is -1.63. The first-order chi connectivity index (χ1) is 14.7. The molecule has 0 spiro atoms. The van der Waals surface area contributed by atoms with Crippen LogP contribution in [0.1, 0.15) is 5.56 Å². The number of rotatable bonds is 5. The lowest BCUT2D eigenvalue weighted by Crippen LogP contribution is -2.48. The molecule has 0 unspecified atom stereocenters. The smallest absolute Gasteiger partial charge is 0.366 e. The number of benzene rings is 2. The third-order valence-electron chi connectivity index (χ3n) is 4.84. The summed E-state index contributed by atoms with van der Waals surface area (Å²) in [6.07, 6.45) is -5.76. The van der Waals surface area contributed by atoms with Crippen LogP contribution in [0.15, 0.2) is 46.2 Å². The highest BCUT2D eigenvalue weighted by atomic mass is 35.5. The van der Waals surface area contributed by atoms with Gasteiger partial charge in [-0.2, -0.15) is 26.3 Å². The van der Waals surface area contributed by atoms with E-state index in [0.29, 0.717) is 5.02 Å². The number of anilines is 1. The van der Waals surface area contributed by atoms with E-state index in [0.717, 1.165) is 12.1 Å². The molecule has 176 valence electrons. The van der Waals surface area contributed by atoms with Gasteiger partial charge in [0.25, 0.3) is 0 Å². The Kier molecular flexibility index (Phi) is 7.00. The molecule has 3 rings (SSSR count). The SMILES string of the molecule is Cc1cc(F)c(N2CCN(S(=O)(=O)c3ccc(Cl)cc3)CC2)cc1SC(F)(F)C(F)(F)F. The monoisotopic (exact) mass is 518 g/mol. The zero-order valence-electron chi connectivity index (χ0n) is 16.5. The van der Waals surface area contributed by atoms with Crippen LogP contribution in [0, 0.1) is 12.7 Å². The van der Waals surface area contributed by atoms with Gasteiger partial charge in [0.15, 0.2) is 0 Å². The van der Waals surface area contributed by atoms with Gasteiger partial charge >= 0.3 is 11.4 Å². The van der Waals surface area contributed by atoms with Crippen molar-refractivity contribution in [2.45, 2.75) is 28.1 Å². The van der Waals surface area contributed by atoms with Gasteiger partial charge in [0, 0.05) is 36.1 Å². The third kappa shape index (κ3) is 5.13. The van der Waals surface area contributed by atoms with E-state index in [1.165, 1.54) is 40.4 Å². The van der Waals surface area contributed by atoms with Crippen LogP contribution in [-0.2, 0) is 10.0 Å². The van der Waals surface area contributed by atoms with Crippen molar-refractivity contribution in [3.8, 4) is 0 Å². The van der Waals surface area contributed by atoms with E-state index in [1.54, 1.807) is 0 Å². The number of halogens is 7. The fourth-order valence-electron chi connectivity index (χ4n) is 3.12. The quantitative estimate of drug-likeness (QED) is 0.385. The molecule has 0 atom stereocenters. The van der Waals surface area contributed by atoms with Crippen molar-refractivity contribution in [2.75, 3.05) is 31.1 Å². The minimum absolute atomic E-state index is 0.0204. The molecule has 4 nitrogen and oxygen atoms in total. The van der Waals surface area contributed by atoms with Gasteiger partial charge in [0.2, 0.25) is 10.0 Å². The number of thioether (sulfide) groups is 1. The number of aryl methyl sites for hydroxylation is 1. The van der Waals surface area contributed by atoms with Crippen LogP contribution in [0.5, 0.6) is 0 Å². The lowest BCUT2D eigenvalue weighted by molar-refractivity contribution is -0.237. The van der Waals surface area contributed by atoms with E-state index in [-0.39, 0.29) is 42.3 Å². The highest BCUT2D eigenvalue weighted by Crippen LogP contribution is 2.49. The molecule has 2 aromatic carbocycles. The number of alkyl halides is 5. The summed E-state index contributed by atoms with van der Waals surface area (Å²) in [5.41, 5.74) is -0.233. The Labute approximate surface area is 190 Å². The second kappa shape index (κ2) is 8.96. The lowest BCUT2D eigenvalue weighted by Gasteiger charge is -2.36. The van der Waals surface area contributed by atoms with E-state index in [1.807, 2.05) is 0 Å². The van der Waals surface area contributed by atoms with Crippen LogP contribution in [-0.4, -0.2) is 50.3 Å². The van der Waals surface area contributed by atoms with E-state index in [9.17, 15) is 34.8 Å². The second-order valence-electron chi connectivity index (χ2n) is 7.03. The molecule has 0 bridgehead atoms. The molecule has 0 amide bonds. The third-order valence-corrected chi connectivity index (χ3v) is 8.16. The average molecular weight is 519 g/mol. The molecule has 1 aliphatic heterocycles. The molecule has 1 aliphatic rings. The normalized spacial score (nSPS) is 16.4. The minimum atomic E-state index is -5.76. The van der Waals surface area contributed by atoms with Crippen LogP contribution < -0.4 is 4.90 Å². The standard InChI is InChI=1S/C19H17ClF6N2O2S2/c1-12-10-15(21)16(11-17(12)31-19(25,26)18(22,23)24)27-6-8-28(9-7-27)32(29,30)14-4-2-13(20)3-5-14/h2-5,10-11H,6-9H2,1H3. The maximum Gasteiger partial charge on any atom is 0.464 e. The molecule has 1 saturated heterocycles. The van der Waals surface area contributed by atoms with Gasteiger partial charge in [-0.05, 0) is 60.6 Å². The molecule has 32 heavy (non-hydrogen) atoms. The van der Waals surface area contributed by atoms with E-state index in [4.69, 9.17) is 11.6 Å². The zero-order valence-corrected chi connectivity index (χ0v) is 18.9. The number of hydrogen-bond donors (Lipinski definition) is 0. The van der Waals surface area contributed by atoms with Gasteiger partial charge in [-0.15, -0.1) is 0 Å². The van der Waals surface area contributed by atoms with E-state index in [2.05, 4.69) is 0 Å². The van der Waals surface area contributed by atoms with Crippen molar-refractivity contribution in [3.05, 3.63) is 52.8 Å². The second-order valence-corrected chi connectivity index (χ2v) is 10.6. The molecule has 0 aromatic heterocycles. The molecule has 0 N–H and O–H groups in total. The molecule has 0 radical (unpaired) electrons. The van der Waals surface area contributed by atoms with Gasteiger partial charge in [0.1, 0.15) is 5.82 Å². The molecular formula is C19H17ClF6N2O2S2. The van der Waals surface area contributed by atoms with Crippen molar-refractivity contribution < 1.29 is 34.8 Å². The summed E-state index contributed by atoms with van der Waals surface area (Å²) in [6, 6.07) is 7.41. The molecule has 2 aromatic rings.